The summed E-state index contributed by atoms with van der Waals surface area (Å²) in [5.74, 6) is 4.40. The van der Waals surface area contributed by atoms with Crippen molar-refractivity contribution in [3.8, 4) is 0 Å². The van der Waals surface area contributed by atoms with E-state index < -0.39 is 0 Å². The Morgan fingerprint density at radius 3 is 1.68 bits per heavy atom. The maximum atomic E-state index is 2.36. The van der Waals surface area contributed by atoms with Crippen molar-refractivity contribution in [3.63, 3.8) is 0 Å². The second kappa shape index (κ2) is 11.4. The van der Waals surface area contributed by atoms with E-state index in [0.717, 1.165) is 34.5 Å². The van der Waals surface area contributed by atoms with Gasteiger partial charge in [0.2, 0.25) is 0 Å². The van der Waals surface area contributed by atoms with Crippen LogP contribution in [0.25, 0.3) is 0 Å². The number of rotatable bonds is 11. The van der Waals surface area contributed by atoms with Gasteiger partial charge < -0.3 is 0 Å². The molecule has 0 spiro atoms. The van der Waals surface area contributed by atoms with Crippen LogP contribution >= 0.6 is 0 Å². The molecule has 0 aromatic heterocycles. The van der Waals surface area contributed by atoms with Crippen LogP contribution in [0.15, 0.2) is 0 Å². The van der Waals surface area contributed by atoms with Crippen molar-refractivity contribution in [2.45, 2.75) is 162 Å². The van der Waals surface area contributed by atoms with Crippen LogP contribution < -0.4 is 0 Å². The van der Waals surface area contributed by atoms with Gasteiger partial charge in [-0.1, -0.05) is 78.1 Å². The molecule has 5 aliphatic carbocycles. The van der Waals surface area contributed by atoms with Gasteiger partial charge in [-0.25, -0.2) is 0 Å². The summed E-state index contributed by atoms with van der Waals surface area (Å²) in [5, 5.41) is 0. The van der Waals surface area contributed by atoms with Gasteiger partial charge in [-0.2, -0.15) is 0 Å². The van der Waals surface area contributed by atoms with Gasteiger partial charge >= 0.3 is 0 Å². The van der Waals surface area contributed by atoms with E-state index in [4.69, 9.17) is 0 Å². The summed E-state index contributed by atoms with van der Waals surface area (Å²) in [4.78, 5) is 0. The van der Waals surface area contributed by atoms with Crippen molar-refractivity contribution in [2.75, 3.05) is 0 Å². The molecule has 2 bridgehead atoms. The Bertz CT molecular complexity index is 478. The fourth-order valence-corrected chi connectivity index (χ4v) is 9.03. The van der Waals surface area contributed by atoms with Gasteiger partial charge in [0.25, 0.3) is 0 Å². The van der Waals surface area contributed by atoms with Crippen LogP contribution in [-0.4, -0.2) is 0 Å². The standard InChI is InChI=1S/C31H56/c1-3-5-7-8-9-19-30-20-23-31(24-21-30,25-22-30)29-17-15-28(16-18-29)27-13-11-26(12-14-27)10-6-4-2/h26-29H,3-25H2,1-2H3. The fraction of sp³-hybridized carbons (Fsp3) is 1.00. The Labute approximate surface area is 196 Å². The van der Waals surface area contributed by atoms with Gasteiger partial charge in [0.1, 0.15) is 0 Å². The van der Waals surface area contributed by atoms with E-state index in [-0.39, 0.29) is 0 Å². The van der Waals surface area contributed by atoms with Gasteiger partial charge in [0.05, 0.1) is 0 Å². The molecule has 5 saturated carbocycles. The van der Waals surface area contributed by atoms with Crippen LogP contribution in [0.3, 0.4) is 0 Å². The fourth-order valence-electron chi connectivity index (χ4n) is 9.03. The summed E-state index contributed by atoms with van der Waals surface area (Å²) >= 11 is 0. The number of hydrogen-bond donors (Lipinski definition) is 0. The molecule has 180 valence electrons. The lowest BCUT2D eigenvalue weighted by molar-refractivity contribution is -0.0680. The number of unbranched alkanes of at least 4 members (excludes halogenated alkanes) is 5. The molecule has 0 aromatic rings. The van der Waals surface area contributed by atoms with Gasteiger partial charge in [-0.05, 0) is 118 Å². The molecule has 5 aliphatic rings. The first-order valence-corrected chi connectivity index (χ1v) is 15.2. The Hall–Kier alpha value is 0. The van der Waals surface area contributed by atoms with Crippen molar-refractivity contribution >= 4 is 0 Å². The molecule has 0 atom stereocenters. The lowest BCUT2D eigenvalue weighted by atomic mass is 9.47. The molecule has 31 heavy (non-hydrogen) atoms. The summed E-state index contributed by atoms with van der Waals surface area (Å²) in [5.41, 5.74) is 1.59. The molecule has 0 amide bonds. The van der Waals surface area contributed by atoms with Crippen LogP contribution in [0.4, 0.5) is 0 Å². The minimum Gasteiger partial charge on any atom is -0.0654 e. The average Bonchev–Trinajstić information content (AvgIpc) is 2.84. The summed E-state index contributed by atoms with van der Waals surface area (Å²) in [6.07, 6.45) is 35.6. The van der Waals surface area contributed by atoms with E-state index in [1.165, 1.54) is 51.4 Å². The van der Waals surface area contributed by atoms with Crippen molar-refractivity contribution in [1.29, 1.82) is 0 Å². The molecule has 0 radical (unpaired) electrons. The highest BCUT2D eigenvalue weighted by molar-refractivity contribution is 5.03. The third-order valence-electron chi connectivity index (χ3n) is 11.4. The Morgan fingerprint density at radius 1 is 0.548 bits per heavy atom. The number of fused-ring (bicyclic) bond motifs is 3. The topological polar surface area (TPSA) is 0 Å². The van der Waals surface area contributed by atoms with E-state index >= 15 is 0 Å². The van der Waals surface area contributed by atoms with Crippen LogP contribution in [0, 0.1) is 34.5 Å². The van der Waals surface area contributed by atoms with Crippen molar-refractivity contribution in [2.24, 2.45) is 34.5 Å². The third kappa shape index (κ3) is 5.93. The molecule has 0 heterocycles. The highest BCUT2D eigenvalue weighted by atomic mass is 14.6. The van der Waals surface area contributed by atoms with Crippen molar-refractivity contribution in [3.05, 3.63) is 0 Å². The summed E-state index contributed by atoms with van der Waals surface area (Å²) < 4.78 is 0. The normalized spacial score (nSPS) is 40.8. The summed E-state index contributed by atoms with van der Waals surface area (Å²) in [7, 11) is 0. The maximum absolute atomic E-state index is 2.36. The first-order chi connectivity index (χ1) is 15.2. The zero-order chi connectivity index (χ0) is 21.6. The van der Waals surface area contributed by atoms with Gasteiger partial charge in [0.15, 0.2) is 0 Å². The zero-order valence-corrected chi connectivity index (χ0v) is 21.6. The van der Waals surface area contributed by atoms with Crippen molar-refractivity contribution < 1.29 is 0 Å². The largest absolute Gasteiger partial charge is 0.0654 e. The van der Waals surface area contributed by atoms with E-state index in [0.29, 0.717) is 0 Å². The minimum absolute atomic E-state index is 0.793. The molecule has 0 aliphatic heterocycles. The highest BCUT2D eigenvalue weighted by Crippen LogP contribution is 2.63. The highest BCUT2D eigenvalue weighted by Gasteiger charge is 2.51. The SMILES string of the molecule is CCCCCCCC12CCC(C3CCC(C4CCC(CCCC)CC4)CC3)(CC1)CC2. The van der Waals surface area contributed by atoms with Crippen LogP contribution in [0.5, 0.6) is 0 Å². The molecule has 0 heteroatoms. The molecule has 5 rings (SSSR count). The monoisotopic (exact) mass is 428 g/mol. The van der Waals surface area contributed by atoms with E-state index in [1.807, 2.05) is 0 Å². The quantitative estimate of drug-likeness (QED) is 0.287. The third-order valence-corrected chi connectivity index (χ3v) is 11.4. The predicted octanol–water partition coefficient (Wildman–Crippen LogP) is 10.5. The van der Waals surface area contributed by atoms with Crippen LogP contribution in [0.2, 0.25) is 0 Å². The van der Waals surface area contributed by atoms with Crippen LogP contribution in [-0.2, 0) is 0 Å². The molecule has 0 unspecified atom stereocenters. The zero-order valence-electron chi connectivity index (χ0n) is 21.6. The average molecular weight is 429 g/mol. The Kier molecular flexibility index (Phi) is 8.89. The smallest absolute Gasteiger partial charge is 0.0269 e. The number of hydrogen-bond acceptors (Lipinski definition) is 0. The molecule has 0 N–H and O–H groups in total. The van der Waals surface area contributed by atoms with E-state index in [2.05, 4.69) is 13.8 Å². The van der Waals surface area contributed by atoms with Gasteiger partial charge in [-0.15, -0.1) is 0 Å². The van der Waals surface area contributed by atoms with Gasteiger partial charge in [0, 0.05) is 0 Å². The van der Waals surface area contributed by atoms with E-state index in [9.17, 15) is 0 Å². The van der Waals surface area contributed by atoms with Crippen molar-refractivity contribution in [1.82, 2.24) is 0 Å². The Morgan fingerprint density at radius 2 is 1.10 bits per heavy atom. The van der Waals surface area contributed by atoms with Gasteiger partial charge in [-0.3, -0.25) is 0 Å². The first kappa shape index (κ1) is 24.1. The van der Waals surface area contributed by atoms with E-state index in [1.54, 1.807) is 96.3 Å². The predicted molar refractivity (Wildman–Crippen MR) is 136 cm³/mol. The second-order valence-electron chi connectivity index (χ2n) is 13.1. The minimum atomic E-state index is 0.793. The summed E-state index contributed by atoms with van der Waals surface area (Å²) in [6.45, 7) is 4.70. The lowest BCUT2D eigenvalue weighted by Gasteiger charge is -2.58. The first-order valence-electron chi connectivity index (χ1n) is 15.2. The molecular formula is C31H56. The molecule has 0 saturated heterocycles. The summed E-state index contributed by atoms with van der Waals surface area (Å²) in [6, 6.07) is 0. The molecule has 0 nitrogen and oxygen atoms in total. The van der Waals surface area contributed by atoms with Crippen LogP contribution in [0.1, 0.15) is 162 Å². The second-order valence-corrected chi connectivity index (χ2v) is 13.1. The Balaban J connectivity index is 1.18. The molecule has 0 aromatic carbocycles. The molecule has 5 fully saturated rings. The molecular weight excluding hydrogens is 372 g/mol. The maximum Gasteiger partial charge on any atom is -0.0269 e. The lowest BCUT2D eigenvalue weighted by Crippen LogP contribution is -2.46.